The molecule has 7 heteroatoms. The van der Waals surface area contributed by atoms with Crippen LogP contribution in [0.5, 0.6) is 0 Å². The van der Waals surface area contributed by atoms with E-state index in [1.807, 2.05) is 36.1 Å². The molecular weight excluding hydrogens is 356 g/mol. The number of amides is 3. The summed E-state index contributed by atoms with van der Waals surface area (Å²) >= 11 is 0. The lowest BCUT2D eigenvalue weighted by atomic mass is 10.1. The van der Waals surface area contributed by atoms with E-state index in [9.17, 15) is 14.4 Å². The Labute approximate surface area is 164 Å². The molecule has 0 saturated carbocycles. The number of hydrogen-bond acceptors (Lipinski definition) is 4. The number of carbonyl (C=O) groups is 3. The first-order valence-electron chi connectivity index (χ1n) is 9.27. The summed E-state index contributed by atoms with van der Waals surface area (Å²) < 4.78 is 0. The SMILES string of the molecule is Cc1cccc(NC(=O)c2ccccc2NC(=O)CN2CCNC(=O)CC2)c1. The van der Waals surface area contributed by atoms with E-state index in [1.54, 1.807) is 24.3 Å². The maximum Gasteiger partial charge on any atom is 0.257 e. The number of anilines is 2. The molecule has 28 heavy (non-hydrogen) atoms. The minimum Gasteiger partial charge on any atom is -0.355 e. The quantitative estimate of drug-likeness (QED) is 0.740. The van der Waals surface area contributed by atoms with E-state index in [0.29, 0.717) is 43.0 Å². The average molecular weight is 380 g/mol. The summed E-state index contributed by atoms with van der Waals surface area (Å²) in [6.45, 7) is 3.81. The molecule has 3 N–H and O–H groups in total. The van der Waals surface area contributed by atoms with Crippen LogP contribution < -0.4 is 16.0 Å². The highest BCUT2D eigenvalue weighted by atomic mass is 16.2. The number of carbonyl (C=O) groups excluding carboxylic acids is 3. The van der Waals surface area contributed by atoms with Crippen LogP contribution in [0.3, 0.4) is 0 Å². The number of nitrogens with one attached hydrogen (secondary N) is 3. The molecule has 2 aromatic carbocycles. The van der Waals surface area contributed by atoms with Gasteiger partial charge in [-0.25, -0.2) is 0 Å². The lowest BCUT2D eigenvalue weighted by molar-refractivity contribution is -0.121. The third-order valence-corrected chi connectivity index (χ3v) is 4.49. The number of rotatable bonds is 5. The number of benzene rings is 2. The largest absolute Gasteiger partial charge is 0.355 e. The van der Waals surface area contributed by atoms with Gasteiger partial charge in [-0.15, -0.1) is 0 Å². The van der Waals surface area contributed by atoms with Crippen molar-refractivity contribution in [3.8, 4) is 0 Å². The van der Waals surface area contributed by atoms with Gasteiger partial charge in [-0.05, 0) is 36.8 Å². The van der Waals surface area contributed by atoms with Crippen LogP contribution in [0.25, 0.3) is 0 Å². The van der Waals surface area contributed by atoms with Gasteiger partial charge in [0.1, 0.15) is 0 Å². The third kappa shape index (κ3) is 5.40. The predicted octanol–water partition coefficient (Wildman–Crippen LogP) is 2.01. The van der Waals surface area contributed by atoms with E-state index in [1.165, 1.54) is 0 Å². The number of aryl methyl sites for hydroxylation is 1. The molecule has 1 heterocycles. The molecule has 1 fully saturated rings. The van der Waals surface area contributed by atoms with Gasteiger partial charge < -0.3 is 16.0 Å². The summed E-state index contributed by atoms with van der Waals surface area (Å²) in [7, 11) is 0. The zero-order valence-corrected chi connectivity index (χ0v) is 15.8. The summed E-state index contributed by atoms with van der Waals surface area (Å²) in [6.07, 6.45) is 0.378. The highest BCUT2D eigenvalue weighted by Crippen LogP contribution is 2.18. The van der Waals surface area contributed by atoms with Gasteiger partial charge in [0, 0.05) is 31.7 Å². The molecule has 0 atom stereocenters. The topological polar surface area (TPSA) is 90.5 Å². The van der Waals surface area contributed by atoms with Crippen molar-refractivity contribution in [2.45, 2.75) is 13.3 Å². The Bertz CT molecular complexity index is 881. The van der Waals surface area contributed by atoms with Gasteiger partial charge in [0.15, 0.2) is 0 Å². The highest BCUT2D eigenvalue weighted by molar-refractivity contribution is 6.10. The smallest absolute Gasteiger partial charge is 0.257 e. The Morgan fingerprint density at radius 1 is 1.07 bits per heavy atom. The van der Waals surface area contributed by atoms with E-state index >= 15 is 0 Å². The Hall–Kier alpha value is -3.19. The van der Waals surface area contributed by atoms with Crippen molar-refractivity contribution < 1.29 is 14.4 Å². The lowest BCUT2D eigenvalue weighted by Gasteiger charge is -2.19. The van der Waals surface area contributed by atoms with E-state index in [-0.39, 0.29) is 24.3 Å². The maximum absolute atomic E-state index is 12.7. The van der Waals surface area contributed by atoms with Crippen molar-refractivity contribution in [1.29, 1.82) is 0 Å². The van der Waals surface area contributed by atoms with Crippen LogP contribution in [0.15, 0.2) is 48.5 Å². The summed E-state index contributed by atoms with van der Waals surface area (Å²) in [4.78, 5) is 38.5. The monoisotopic (exact) mass is 380 g/mol. The van der Waals surface area contributed by atoms with Crippen molar-refractivity contribution in [3.05, 3.63) is 59.7 Å². The van der Waals surface area contributed by atoms with Crippen LogP contribution in [0.4, 0.5) is 11.4 Å². The Morgan fingerprint density at radius 2 is 1.89 bits per heavy atom. The Morgan fingerprint density at radius 3 is 2.71 bits per heavy atom. The molecule has 146 valence electrons. The summed E-state index contributed by atoms with van der Waals surface area (Å²) in [5.41, 5.74) is 2.60. The molecule has 1 aliphatic rings. The van der Waals surface area contributed by atoms with Gasteiger partial charge in [0.05, 0.1) is 17.8 Å². The minimum atomic E-state index is -0.286. The molecule has 3 amide bonds. The lowest BCUT2D eigenvalue weighted by Crippen LogP contribution is -2.36. The van der Waals surface area contributed by atoms with Crippen LogP contribution in [0, 0.1) is 6.92 Å². The molecule has 0 aromatic heterocycles. The van der Waals surface area contributed by atoms with Crippen LogP contribution >= 0.6 is 0 Å². The van der Waals surface area contributed by atoms with Crippen molar-refractivity contribution in [1.82, 2.24) is 10.2 Å². The average Bonchev–Trinajstić information content (AvgIpc) is 2.86. The molecule has 0 spiro atoms. The van der Waals surface area contributed by atoms with Crippen molar-refractivity contribution in [3.63, 3.8) is 0 Å². The van der Waals surface area contributed by atoms with Crippen LogP contribution in [-0.2, 0) is 9.59 Å². The molecule has 0 aliphatic carbocycles. The Kier molecular flexibility index (Phi) is 6.39. The fraction of sp³-hybridized carbons (Fsp3) is 0.286. The van der Waals surface area contributed by atoms with Crippen molar-refractivity contribution >= 4 is 29.1 Å². The van der Waals surface area contributed by atoms with E-state index in [0.717, 1.165) is 5.56 Å². The van der Waals surface area contributed by atoms with Gasteiger partial charge in [-0.2, -0.15) is 0 Å². The number of hydrogen-bond donors (Lipinski definition) is 3. The van der Waals surface area contributed by atoms with E-state index < -0.39 is 0 Å². The van der Waals surface area contributed by atoms with Gasteiger partial charge in [0.25, 0.3) is 5.91 Å². The number of para-hydroxylation sites is 1. The second-order valence-electron chi connectivity index (χ2n) is 6.79. The fourth-order valence-electron chi connectivity index (χ4n) is 3.08. The summed E-state index contributed by atoms with van der Waals surface area (Å²) in [5, 5.41) is 8.46. The predicted molar refractivity (Wildman–Crippen MR) is 108 cm³/mol. The fourth-order valence-corrected chi connectivity index (χ4v) is 3.08. The van der Waals surface area contributed by atoms with Crippen LogP contribution in [-0.4, -0.2) is 48.8 Å². The Balaban J connectivity index is 1.65. The first kappa shape index (κ1) is 19.6. The highest BCUT2D eigenvalue weighted by Gasteiger charge is 2.18. The molecule has 1 aliphatic heterocycles. The maximum atomic E-state index is 12.7. The van der Waals surface area contributed by atoms with Crippen LogP contribution in [0.1, 0.15) is 22.3 Å². The number of nitrogens with zero attached hydrogens (tertiary/aromatic N) is 1. The molecule has 7 nitrogen and oxygen atoms in total. The standard InChI is InChI=1S/C21H24N4O3/c1-15-5-4-6-16(13-15)23-21(28)17-7-2-3-8-18(17)24-20(27)14-25-11-9-19(26)22-10-12-25/h2-8,13H,9-12,14H2,1H3,(H,22,26)(H,23,28)(H,24,27). The van der Waals surface area contributed by atoms with Gasteiger partial charge in [0.2, 0.25) is 11.8 Å². The molecule has 1 saturated heterocycles. The van der Waals surface area contributed by atoms with E-state index in [2.05, 4.69) is 16.0 Å². The van der Waals surface area contributed by atoms with Crippen LogP contribution in [0.2, 0.25) is 0 Å². The van der Waals surface area contributed by atoms with Gasteiger partial charge in [-0.3, -0.25) is 19.3 Å². The first-order valence-corrected chi connectivity index (χ1v) is 9.27. The summed E-state index contributed by atoms with van der Waals surface area (Å²) in [5.74, 6) is -0.503. The van der Waals surface area contributed by atoms with E-state index in [4.69, 9.17) is 0 Å². The molecule has 2 aromatic rings. The zero-order chi connectivity index (χ0) is 19.9. The van der Waals surface area contributed by atoms with Gasteiger partial charge in [-0.1, -0.05) is 24.3 Å². The third-order valence-electron chi connectivity index (χ3n) is 4.49. The second kappa shape index (κ2) is 9.14. The second-order valence-corrected chi connectivity index (χ2v) is 6.79. The molecular formula is C21H24N4O3. The molecule has 0 unspecified atom stereocenters. The summed E-state index contributed by atoms with van der Waals surface area (Å²) in [6, 6.07) is 14.4. The van der Waals surface area contributed by atoms with Crippen molar-refractivity contribution in [2.75, 3.05) is 36.8 Å². The zero-order valence-electron chi connectivity index (χ0n) is 15.8. The molecule has 0 bridgehead atoms. The normalized spacial score (nSPS) is 14.7. The molecule has 3 rings (SSSR count). The minimum absolute atomic E-state index is 0.000994. The first-order chi connectivity index (χ1) is 13.5. The molecule has 0 radical (unpaired) electrons. The van der Waals surface area contributed by atoms with Gasteiger partial charge >= 0.3 is 0 Å². The van der Waals surface area contributed by atoms with Crippen molar-refractivity contribution in [2.24, 2.45) is 0 Å².